The zero-order valence-electron chi connectivity index (χ0n) is 7.77. The number of hydrogen-bond donors (Lipinski definition) is 3. The molecule has 1 heterocycles. The van der Waals surface area contributed by atoms with Gasteiger partial charge in [-0.05, 0) is 0 Å². The molecule has 4 N–H and O–H groups in total. The molecule has 0 aliphatic carbocycles. The first-order valence-corrected chi connectivity index (χ1v) is 4.32. The number of carbonyl (C=O) groups is 1. The second-order valence-corrected chi connectivity index (χ2v) is 3.02. The van der Waals surface area contributed by atoms with E-state index in [2.05, 4.69) is 9.97 Å². The number of rotatable bonds is 2. The monoisotopic (exact) mass is 203 g/mol. The van der Waals surface area contributed by atoms with Crippen LogP contribution in [0, 0.1) is 0 Å². The van der Waals surface area contributed by atoms with Gasteiger partial charge in [0.25, 0.3) is 0 Å². The maximum absolute atomic E-state index is 10.9. The Kier molecular flexibility index (Phi) is 2.13. The highest BCUT2D eigenvalue weighted by atomic mass is 16.4. The van der Waals surface area contributed by atoms with Crippen LogP contribution < -0.4 is 5.73 Å². The third kappa shape index (κ3) is 1.67. The lowest BCUT2D eigenvalue weighted by Crippen LogP contribution is -1.99. The molecule has 0 atom stereocenters. The Labute approximate surface area is 85.6 Å². The van der Waals surface area contributed by atoms with E-state index >= 15 is 0 Å². The highest BCUT2D eigenvalue weighted by Crippen LogP contribution is 2.21. The van der Waals surface area contributed by atoms with Gasteiger partial charge < -0.3 is 15.8 Å². The van der Waals surface area contributed by atoms with Crippen molar-refractivity contribution in [1.82, 2.24) is 9.97 Å². The number of benzene rings is 1. The van der Waals surface area contributed by atoms with Crippen LogP contribution in [0.25, 0.3) is 11.3 Å². The van der Waals surface area contributed by atoms with Crippen LogP contribution in [0.1, 0.15) is 10.5 Å². The number of nitrogens with one attached hydrogen (secondary N) is 1. The molecule has 0 fully saturated rings. The van der Waals surface area contributed by atoms with E-state index in [1.165, 1.54) is 0 Å². The van der Waals surface area contributed by atoms with Gasteiger partial charge in [-0.25, -0.2) is 9.78 Å². The van der Waals surface area contributed by atoms with Crippen LogP contribution in [0.4, 0.5) is 5.95 Å². The summed E-state index contributed by atoms with van der Waals surface area (Å²) < 4.78 is 0. The second-order valence-electron chi connectivity index (χ2n) is 3.02. The predicted octanol–water partition coefficient (Wildman–Crippen LogP) is 1.36. The maximum atomic E-state index is 10.9. The topological polar surface area (TPSA) is 92.0 Å². The van der Waals surface area contributed by atoms with Crippen molar-refractivity contribution in [3.63, 3.8) is 0 Å². The van der Waals surface area contributed by atoms with E-state index in [0.717, 1.165) is 5.56 Å². The molecule has 0 saturated heterocycles. The standard InChI is InChI=1S/C10H9N3O2/c11-10-12-7(8(13-10)9(14)15)6-4-2-1-3-5-6/h1-5H,(H,14,15)(H3,11,12,13). The quantitative estimate of drug-likeness (QED) is 0.687. The van der Waals surface area contributed by atoms with Crippen molar-refractivity contribution in [2.45, 2.75) is 0 Å². The molecule has 0 aliphatic rings. The van der Waals surface area contributed by atoms with Gasteiger partial charge in [0.2, 0.25) is 0 Å². The normalized spacial score (nSPS) is 10.1. The Morgan fingerprint density at radius 1 is 1.33 bits per heavy atom. The second kappa shape index (κ2) is 3.45. The molecule has 1 aromatic carbocycles. The smallest absolute Gasteiger partial charge is 0.354 e. The summed E-state index contributed by atoms with van der Waals surface area (Å²) in [7, 11) is 0. The average molecular weight is 203 g/mol. The lowest BCUT2D eigenvalue weighted by Gasteiger charge is -1.97. The van der Waals surface area contributed by atoms with Gasteiger partial charge >= 0.3 is 5.97 Å². The molecule has 2 rings (SSSR count). The van der Waals surface area contributed by atoms with E-state index in [-0.39, 0.29) is 11.6 Å². The van der Waals surface area contributed by atoms with Crippen LogP contribution in [-0.2, 0) is 0 Å². The van der Waals surface area contributed by atoms with Gasteiger partial charge in [0, 0.05) is 5.56 Å². The van der Waals surface area contributed by atoms with Crippen LogP contribution in [0.5, 0.6) is 0 Å². The van der Waals surface area contributed by atoms with E-state index < -0.39 is 5.97 Å². The first kappa shape index (κ1) is 9.26. The van der Waals surface area contributed by atoms with Crippen LogP contribution in [0.2, 0.25) is 0 Å². The number of nitrogens with zero attached hydrogens (tertiary/aromatic N) is 1. The van der Waals surface area contributed by atoms with Gasteiger partial charge in [0.1, 0.15) is 5.69 Å². The van der Waals surface area contributed by atoms with Gasteiger partial charge in [-0.2, -0.15) is 0 Å². The minimum atomic E-state index is -1.07. The summed E-state index contributed by atoms with van der Waals surface area (Å²) in [6, 6.07) is 9.03. The molecule has 1 aromatic heterocycles. The third-order valence-electron chi connectivity index (χ3n) is 1.98. The molecule has 5 nitrogen and oxygen atoms in total. The van der Waals surface area contributed by atoms with Crippen molar-refractivity contribution in [2.75, 3.05) is 5.73 Å². The van der Waals surface area contributed by atoms with Crippen LogP contribution in [-0.4, -0.2) is 21.0 Å². The Hall–Kier alpha value is -2.30. The van der Waals surface area contributed by atoms with E-state index in [1.807, 2.05) is 18.2 Å². The minimum absolute atomic E-state index is 0.0127. The van der Waals surface area contributed by atoms with E-state index in [0.29, 0.717) is 5.69 Å². The number of aromatic amines is 1. The zero-order valence-corrected chi connectivity index (χ0v) is 7.77. The Morgan fingerprint density at radius 3 is 2.60 bits per heavy atom. The van der Waals surface area contributed by atoms with Crippen molar-refractivity contribution in [3.8, 4) is 11.3 Å². The number of carboxylic acids is 1. The van der Waals surface area contributed by atoms with Crippen molar-refractivity contribution in [1.29, 1.82) is 0 Å². The van der Waals surface area contributed by atoms with Crippen LogP contribution in [0.3, 0.4) is 0 Å². The van der Waals surface area contributed by atoms with Gasteiger partial charge in [-0.1, -0.05) is 30.3 Å². The number of hydrogen-bond acceptors (Lipinski definition) is 3. The molecule has 2 aromatic rings. The van der Waals surface area contributed by atoms with Crippen molar-refractivity contribution in [2.24, 2.45) is 0 Å². The molecule has 15 heavy (non-hydrogen) atoms. The van der Waals surface area contributed by atoms with E-state index in [9.17, 15) is 4.79 Å². The number of aromatic nitrogens is 2. The van der Waals surface area contributed by atoms with Crippen LogP contribution in [0.15, 0.2) is 30.3 Å². The summed E-state index contributed by atoms with van der Waals surface area (Å²) in [6.45, 7) is 0. The average Bonchev–Trinajstić information content (AvgIpc) is 2.62. The number of anilines is 1. The first-order chi connectivity index (χ1) is 7.18. The molecule has 76 valence electrons. The molecule has 0 amide bonds. The highest BCUT2D eigenvalue weighted by molar-refractivity contribution is 5.93. The fourth-order valence-corrected chi connectivity index (χ4v) is 1.35. The molecule has 0 saturated carbocycles. The Bertz CT molecular complexity index is 491. The molecule has 5 heteroatoms. The fraction of sp³-hybridized carbons (Fsp3) is 0. The number of carboxylic acid groups (broad SMARTS) is 1. The Morgan fingerprint density at radius 2 is 2.00 bits per heavy atom. The van der Waals surface area contributed by atoms with Crippen molar-refractivity contribution >= 4 is 11.9 Å². The molecule has 0 unspecified atom stereocenters. The van der Waals surface area contributed by atoms with Crippen molar-refractivity contribution < 1.29 is 9.90 Å². The van der Waals surface area contributed by atoms with Crippen LogP contribution >= 0.6 is 0 Å². The molecular weight excluding hydrogens is 194 g/mol. The van der Waals surface area contributed by atoms with Crippen molar-refractivity contribution in [3.05, 3.63) is 36.0 Å². The van der Waals surface area contributed by atoms with E-state index in [1.54, 1.807) is 12.1 Å². The summed E-state index contributed by atoms with van der Waals surface area (Å²) >= 11 is 0. The molecule has 0 radical (unpaired) electrons. The zero-order chi connectivity index (χ0) is 10.8. The minimum Gasteiger partial charge on any atom is -0.477 e. The molecule has 0 bridgehead atoms. The van der Waals surface area contributed by atoms with Gasteiger partial charge in [-0.15, -0.1) is 0 Å². The van der Waals surface area contributed by atoms with Gasteiger partial charge in [0.05, 0.1) is 0 Å². The number of H-pyrrole nitrogens is 1. The number of imidazole rings is 1. The first-order valence-electron chi connectivity index (χ1n) is 4.32. The largest absolute Gasteiger partial charge is 0.477 e. The lowest BCUT2D eigenvalue weighted by atomic mass is 10.1. The third-order valence-corrected chi connectivity index (χ3v) is 1.98. The number of aromatic carboxylic acids is 1. The summed E-state index contributed by atoms with van der Waals surface area (Å²) in [5.74, 6) is -0.968. The van der Waals surface area contributed by atoms with Gasteiger partial charge in [-0.3, -0.25) is 0 Å². The maximum Gasteiger partial charge on any atom is 0.354 e. The summed E-state index contributed by atoms with van der Waals surface area (Å²) in [5.41, 5.74) is 6.52. The molecule has 0 aliphatic heterocycles. The molecule has 0 spiro atoms. The number of nitrogens with two attached hydrogens (primary N) is 1. The number of nitrogen functional groups attached to an aromatic ring is 1. The Balaban J connectivity index is 2.58. The van der Waals surface area contributed by atoms with Gasteiger partial charge in [0.15, 0.2) is 11.6 Å². The van der Waals surface area contributed by atoms with E-state index in [4.69, 9.17) is 10.8 Å². The molecular formula is C10H9N3O2. The summed E-state index contributed by atoms with van der Waals surface area (Å²) in [4.78, 5) is 17.3. The highest BCUT2D eigenvalue weighted by Gasteiger charge is 2.16. The predicted molar refractivity (Wildman–Crippen MR) is 55.4 cm³/mol. The fourth-order valence-electron chi connectivity index (χ4n) is 1.35. The summed E-state index contributed by atoms with van der Waals surface area (Å²) in [5, 5.41) is 8.91. The lowest BCUT2D eigenvalue weighted by molar-refractivity contribution is 0.0692. The summed E-state index contributed by atoms with van der Waals surface area (Å²) in [6.07, 6.45) is 0. The SMILES string of the molecule is Nc1nc(-c2ccccc2)c(C(=O)O)[nH]1.